The van der Waals surface area contributed by atoms with Crippen molar-refractivity contribution in [2.24, 2.45) is 0 Å². The second kappa shape index (κ2) is 10.1. The van der Waals surface area contributed by atoms with Crippen molar-refractivity contribution in [2.45, 2.75) is 53.3 Å². The van der Waals surface area contributed by atoms with Gasteiger partial charge in [0, 0.05) is 22.0 Å². The van der Waals surface area contributed by atoms with E-state index < -0.39 is 0 Å². The number of rotatable bonds is 8. The van der Waals surface area contributed by atoms with Gasteiger partial charge in [-0.05, 0) is 68.7 Å². The fraction of sp³-hybridized carbons (Fsp3) is 0.333. The standard InChI is InChI=1S/C24H27ClN2O2S/c1-5-17(3)27(24(28)19-9-11-20(25)12-10-19)13-21-15-30-23(26-21)14-29-22-8-6-7-16(2)18(22)4/h6-12,15,17H,5,13-14H2,1-4H3. The minimum absolute atomic E-state index is 0.0118. The van der Waals surface area contributed by atoms with Gasteiger partial charge in [-0.2, -0.15) is 0 Å². The van der Waals surface area contributed by atoms with Crippen LogP contribution in [0.1, 0.15) is 52.5 Å². The van der Waals surface area contributed by atoms with Crippen molar-refractivity contribution < 1.29 is 9.53 Å². The summed E-state index contributed by atoms with van der Waals surface area (Å²) in [4.78, 5) is 19.7. The Morgan fingerprint density at radius 2 is 1.93 bits per heavy atom. The average molecular weight is 443 g/mol. The van der Waals surface area contributed by atoms with Crippen molar-refractivity contribution in [3.8, 4) is 5.75 Å². The summed E-state index contributed by atoms with van der Waals surface area (Å²) < 4.78 is 5.97. The predicted octanol–water partition coefficient (Wildman–Crippen LogP) is 6.43. The number of aromatic nitrogens is 1. The minimum Gasteiger partial charge on any atom is -0.486 e. The van der Waals surface area contributed by atoms with Crippen LogP contribution in [0.25, 0.3) is 0 Å². The number of hydrogen-bond acceptors (Lipinski definition) is 4. The third-order valence-corrected chi connectivity index (χ3v) is 6.44. The van der Waals surface area contributed by atoms with Crippen LogP contribution in [0, 0.1) is 13.8 Å². The monoisotopic (exact) mass is 442 g/mol. The lowest BCUT2D eigenvalue weighted by molar-refractivity contribution is 0.0669. The quantitative estimate of drug-likeness (QED) is 0.403. The molecule has 1 amide bonds. The van der Waals surface area contributed by atoms with Crippen LogP contribution in [-0.4, -0.2) is 21.8 Å². The zero-order chi connectivity index (χ0) is 21.7. The first-order chi connectivity index (χ1) is 14.4. The third kappa shape index (κ3) is 5.41. The van der Waals surface area contributed by atoms with Crippen LogP contribution >= 0.6 is 22.9 Å². The van der Waals surface area contributed by atoms with E-state index >= 15 is 0 Å². The molecule has 2 aromatic carbocycles. The summed E-state index contributed by atoms with van der Waals surface area (Å²) in [7, 11) is 0. The number of halogens is 1. The first kappa shape index (κ1) is 22.3. The van der Waals surface area contributed by atoms with E-state index in [1.54, 1.807) is 35.6 Å². The number of thiazole rings is 1. The first-order valence-electron chi connectivity index (χ1n) is 10.1. The maximum Gasteiger partial charge on any atom is 0.254 e. The Bertz CT molecular complexity index is 1000. The fourth-order valence-electron chi connectivity index (χ4n) is 3.09. The van der Waals surface area contributed by atoms with Crippen molar-refractivity contribution in [3.05, 3.63) is 80.3 Å². The SMILES string of the molecule is CCC(C)N(Cc1csc(COc2cccc(C)c2C)n1)C(=O)c1ccc(Cl)cc1. The van der Waals surface area contributed by atoms with Crippen LogP contribution in [-0.2, 0) is 13.2 Å². The molecule has 0 saturated heterocycles. The number of carbonyl (C=O) groups excluding carboxylic acids is 1. The van der Waals surface area contributed by atoms with E-state index in [-0.39, 0.29) is 11.9 Å². The van der Waals surface area contributed by atoms with Crippen LogP contribution in [0.4, 0.5) is 0 Å². The summed E-state index contributed by atoms with van der Waals surface area (Å²) in [6.45, 7) is 9.16. The van der Waals surface area contributed by atoms with Crippen molar-refractivity contribution in [1.82, 2.24) is 9.88 Å². The molecular weight excluding hydrogens is 416 g/mol. The number of benzene rings is 2. The molecule has 158 valence electrons. The second-order valence-corrected chi connectivity index (χ2v) is 8.80. The summed E-state index contributed by atoms with van der Waals surface area (Å²) in [5, 5.41) is 3.52. The zero-order valence-corrected chi connectivity index (χ0v) is 19.4. The lowest BCUT2D eigenvalue weighted by atomic mass is 10.1. The number of aryl methyl sites for hydroxylation is 1. The Morgan fingerprint density at radius 3 is 2.63 bits per heavy atom. The second-order valence-electron chi connectivity index (χ2n) is 7.42. The summed E-state index contributed by atoms with van der Waals surface area (Å²) in [5.74, 6) is 0.869. The van der Waals surface area contributed by atoms with Crippen LogP contribution in [0.3, 0.4) is 0 Å². The number of hydrogen-bond donors (Lipinski definition) is 0. The highest BCUT2D eigenvalue weighted by Crippen LogP contribution is 2.23. The van der Waals surface area contributed by atoms with E-state index in [1.165, 1.54) is 5.56 Å². The van der Waals surface area contributed by atoms with Gasteiger partial charge in [0.25, 0.3) is 5.91 Å². The van der Waals surface area contributed by atoms with Gasteiger partial charge in [0.15, 0.2) is 0 Å². The molecule has 0 saturated carbocycles. The van der Waals surface area contributed by atoms with Crippen molar-refractivity contribution in [1.29, 1.82) is 0 Å². The summed E-state index contributed by atoms with van der Waals surface area (Å²) in [6, 6.07) is 13.2. The van der Waals surface area contributed by atoms with Gasteiger partial charge in [-0.15, -0.1) is 11.3 Å². The summed E-state index contributed by atoms with van der Waals surface area (Å²) in [5.41, 5.74) is 3.86. The van der Waals surface area contributed by atoms with Gasteiger partial charge in [-0.3, -0.25) is 4.79 Å². The lowest BCUT2D eigenvalue weighted by Crippen LogP contribution is -2.37. The lowest BCUT2D eigenvalue weighted by Gasteiger charge is -2.28. The molecule has 6 heteroatoms. The van der Waals surface area contributed by atoms with Crippen LogP contribution in [0.2, 0.25) is 5.02 Å². The molecule has 0 bridgehead atoms. The minimum atomic E-state index is -0.0118. The van der Waals surface area contributed by atoms with Gasteiger partial charge in [0.1, 0.15) is 17.4 Å². The molecule has 3 rings (SSSR count). The molecule has 1 unspecified atom stereocenters. The van der Waals surface area contributed by atoms with Crippen LogP contribution in [0.5, 0.6) is 5.75 Å². The number of ether oxygens (including phenoxy) is 1. The van der Waals surface area contributed by atoms with Gasteiger partial charge in [-0.25, -0.2) is 4.98 Å². The van der Waals surface area contributed by atoms with E-state index in [0.717, 1.165) is 28.4 Å². The summed E-state index contributed by atoms with van der Waals surface area (Å²) in [6.07, 6.45) is 0.867. The Labute approximate surface area is 187 Å². The van der Waals surface area contributed by atoms with Gasteiger partial charge in [0.05, 0.1) is 12.2 Å². The molecule has 3 aromatic rings. The molecule has 0 aliphatic rings. The van der Waals surface area contributed by atoms with E-state index in [4.69, 9.17) is 21.3 Å². The molecule has 0 N–H and O–H groups in total. The van der Waals surface area contributed by atoms with Crippen LogP contribution < -0.4 is 4.74 Å². The molecule has 1 aromatic heterocycles. The predicted molar refractivity (Wildman–Crippen MR) is 123 cm³/mol. The van der Waals surface area contributed by atoms with Gasteiger partial charge in [0.2, 0.25) is 0 Å². The van der Waals surface area contributed by atoms with Gasteiger partial charge in [-0.1, -0.05) is 30.7 Å². The Morgan fingerprint density at radius 1 is 1.20 bits per heavy atom. The van der Waals surface area contributed by atoms with E-state index in [0.29, 0.717) is 23.7 Å². The normalized spacial score (nSPS) is 11.9. The number of nitrogens with zero attached hydrogens (tertiary/aromatic N) is 2. The largest absolute Gasteiger partial charge is 0.486 e. The topological polar surface area (TPSA) is 42.4 Å². The molecule has 1 atom stereocenters. The first-order valence-corrected chi connectivity index (χ1v) is 11.3. The van der Waals surface area contributed by atoms with E-state index in [9.17, 15) is 4.79 Å². The van der Waals surface area contributed by atoms with Crippen molar-refractivity contribution >= 4 is 28.8 Å². The molecule has 0 aliphatic heterocycles. The maximum atomic E-state index is 13.1. The zero-order valence-electron chi connectivity index (χ0n) is 17.8. The molecule has 0 aliphatic carbocycles. The number of carbonyl (C=O) groups is 1. The smallest absolute Gasteiger partial charge is 0.254 e. The summed E-state index contributed by atoms with van der Waals surface area (Å²) >= 11 is 7.52. The molecule has 0 fully saturated rings. The highest BCUT2D eigenvalue weighted by atomic mass is 35.5. The van der Waals surface area contributed by atoms with E-state index in [2.05, 4.69) is 33.8 Å². The van der Waals surface area contributed by atoms with Crippen molar-refractivity contribution in [3.63, 3.8) is 0 Å². The van der Waals surface area contributed by atoms with Crippen LogP contribution in [0.15, 0.2) is 47.8 Å². The highest BCUT2D eigenvalue weighted by Gasteiger charge is 2.22. The van der Waals surface area contributed by atoms with Crippen molar-refractivity contribution in [2.75, 3.05) is 0 Å². The fourth-order valence-corrected chi connectivity index (χ4v) is 3.91. The molecule has 1 heterocycles. The Kier molecular flexibility index (Phi) is 7.51. The molecule has 0 spiro atoms. The molecule has 4 nitrogen and oxygen atoms in total. The maximum absolute atomic E-state index is 13.1. The van der Waals surface area contributed by atoms with Gasteiger partial charge < -0.3 is 9.64 Å². The average Bonchev–Trinajstić information content (AvgIpc) is 3.20. The Balaban J connectivity index is 1.70. The highest BCUT2D eigenvalue weighted by molar-refractivity contribution is 7.09. The molecule has 0 radical (unpaired) electrons. The third-order valence-electron chi connectivity index (χ3n) is 5.31. The Hall–Kier alpha value is -2.37. The van der Waals surface area contributed by atoms with E-state index in [1.807, 2.05) is 22.4 Å². The molecule has 30 heavy (non-hydrogen) atoms. The number of amides is 1. The molecular formula is C24H27ClN2O2S. The van der Waals surface area contributed by atoms with Gasteiger partial charge >= 0.3 is 0 Å².